The second-order valence-electron chi connectivity index (χ2n) is 4.71. The fourth-order valence-electron chi connectivity index (χ4n) is 1.86. The summed E-state index contributed by atoms with van der Waals surface area (Å²) >= 11 is 0. The van der Waals surface area contributed by atoms with Gasteiger partial charge in [0.2, 0.25) is 0 Å². The van der Waals surface area contributed by atoms with E-state index in [1.165, 1.54) is 10.3 Å². The van der Waals surface area contributed by atoms with Crippen LogP contribution >= 0.6 is 0 Å². The number of aromatic hydroxyl groups is 1. The maximum atomic E-state index is 9.68. The normalized spacial score (nSPS) is 10.8. The first-order valence-electron chi connectivity index (χ1n) is 6.48. The lowest BCUT2D eigenvalue weighted by atomic mass is 10.1. The van der Waals surface area contributed by atoms with E-state index in [1.54, 1.807) is 13.0 Å². The molecule has 1 N–H and O–H groups in total. The second kappa shape index (κ2) is 8.97. The van der Waals surface area contributed by atoms with Crippen LogP contribution in [-0.4, -0.2) is 36.3 Å². The maximum Gasteiger partial charge on any atom is 0.162 e. The topological polar surface area (TPSA) is 77.4 Å². The van der Waals surface area contributed by atoms with E-state index in [4.69, 9.17) is 0 Å². The summed E-state index contributed by atoms with van der Waals surface area (Å²) in [5.74, 6) is 0.127. The summed E-state index contributed by atoms with van der Waals surface area (Å²) < 4.78 is 29.0. The first kappa shape index (κ1) is 20.7. The van der Waals surface area contributed by atoms with Crippen LogP contribution in [0.4, 0.5) is 4.70 Å². The number of rotatable bonds is 3. The van der Waals surface area contributed by atoms with Gasteiger partial charge in [0.05, 0.1) is 10.1 Å². The first-order chi connectivity index (χ1) is 9.76. The van der Waals surface area contributed by atoms with E-state index in [0.29, 0.717) is 12.2 Å². The van der Waals surface area contributed by atoms with Crippen LogP contribution in [0.3, 0.4) is 0 Å². The zero-order chi connectivity index (χ0) is 16.0. The van der Waals surface area contributed by atoms with Crippen molar-refractivity contribution >= 4 is 31.8 Å². The third kappa shape index (κ3) is 6.21. The molecule has 0 spiro atoms. The highest BCUT2D eigenvalue weighted by Crippen LogP contribution is 2.29. The van der Waals surface area contributed by atoms with Gasteiger partial charge in [-0.25, -0.2) is 8.42 Å². The monoisotopic (exact) mass is 348 g/mol. The van der Waals surface area contributed by atoms with Crippen LogP contribution in [-0.2, 0) is 21.0 Å². The molecule has 22 heavy (non-hydrogen) atoms. The largest absolute Gasteiger partial charge is 0.748 e. The lowest BCUT2D eigenvalue weighted by molar-refractivity contribution is 0.462. The van der Waals surface area contributed by atoms with Crippen molar-refractivity contribution < 1.29 is 22.8 Å². The van der Waals surface area contributed by atoms with Gasteiger partial charge in [-0.15, -0.1) is 0 Å². The number of hydrogen-bond acceptors (Lipinski definition) is 4. The lowest BCUT2D eigenvalue weighted by Crippen LogP contribution is -2.01. The van der Waals surface area contributed by atoms with E-state index in [1.807, 2.05) is 24.3 Å². The summed E-state index contributed by atoms with van der Waals surface area (Å²) in [7, 11) is -3.70. The highest BCUT2D eigenvalue weighted by molar-refractivity contribution is 7.95. The Morgan fingerprint density at radius 1 is 1.09 bits per heavy atom. The summed E-state index contributed by atoms with van der Waals surface area (Å²) in [6.07, 6.45) is 4.80. The molecule has 0 unspecified atom stereocenters. The molecule has 0 aromatic heterocycles. The smallest absolute Gasteiger partial charge is 0.162 e. The summed E-state index contributed by atoms with van der Waals surface area (Å²) in [6.45, 7) is 1.65. The minimum Gasteiger partial charge on any atom is -0.748 e. The molecule has 0 fully saturated rings. The third-order valence-electron chi connectivity index (χ3n) is 2.76. The van der Waals surface area contributed by atoms with Crippen molar-refractivity contribution in [2.45, 2.75) is 18.2 Å². The summed E-state index contributed by atoms with van der Waals surface area (Å²) in [4.78, 5) is 1.32. The molecule has 2 aromatic rings. The SMILES string of the molecule is CCCS(=O)(=O)[O-].C[S+](C)c1ccc(O)c2ccccc12.F. The van der Waals surface area contributed by atoms with Crippen molar-refractivity contribution in [3.05, 3.63) is 36.4 Å². The Kier molecular flexibility index (Phi) is 8.44. The van der Waals surface area contributed by atoms with E-state index in [9.17, 15) is 18.1 Å². The van der Waals surface area contributed by atoms with E-state index >= 15 is 0 Å². The van der Waals surface area contributed by atoms with Crippen molar-refractivity contribution in [1.29, 1.82) is 0 Å². The van der Waals surface area contributed by atoms with E-state index in [2.05, 4.69) is 18.6 Å². The Morgan fingerprint density at radius 2 is 1.64 bits per heavy atom. The average molecular weight is 348 g/mol. The van der Waals surface area contributed by atoms with Crippen LogP contribution in [0.2, 0.25) is 0 Å². The van der Waals surface area contributed by atoms with Crippen LogP contribution in [0.5, 0.6) is 5.75 Å². The molecule has 0 aliphatic carbocycles. The number of benzene rings is 2. The summed E-state index contributed by atoms with van der Waals surface area (Å²) in [6, 6.07) is 11.8. The molecule has 0 atom stereocenters. The number of phenols is 1. The molecule has 2 aromatic carbocycles. The van der Waals surface area contributed by atoms with Crippen LogP contribution in [0.25, 0.3) is 10.8 Å². The van der Waals surface area contributed by atoms with E-state index < -0.39 is 10.1 Å². The molecule has 7 heteroatoms. The molecular weight excluding hydrogens is 327 g/mol. The maximum absolute atomic E-state index is 9.68. The highest BCUT2D eigenvalue weighted by atomic mass is 32.2. The molecule has 0 aliphatic rings. The number of phenolic OH excluding ortho intramolecular Hbond substituents is 1. The lowest BCUT2D eigenvalue weighted by Gasteiger charge is -2.04. The Hall–Kier alpha value is -1.31. The highest BCUT2D eigenvalue weighted by Gasteiger charge is 2.14. The zero-order valence-corrected chi connectivity index (χ0v) is 14.4. The Morgan fingerprint density at radius 3 is 2.05 bits per heavy atom. The molecule has 0 amide bonds. The standard InChI is InChI=1S/C12H12OS.C3H8O3S.FH/c1-14(2)12-8-7-11(13)9-5-3-4-6-10(9)12;1-2-3-7(4,5)6;/h3-8H,1-2H3;2-3H2,1H3,(H,4,5,6);1H. The number of halogens is 1. The third-order valence-corrected chi connectivity index (χ3v) is 4.90. The fourth-order valence-corrected chi connectivity index (χ4v) is 3.32. The van der Waals surface area contributed by atoms with Gasteiger partial charge in [0.25, 0.3) is 0 Å². The average Bonchev–Trinajstić information content (AvgIpc) is 2.38. The van der Waals surface area contributed by atoms with Gasteiger partial charge in [0.1, 0.15) is 18.3 Å². The van der Waals surface area contributed by atoms with Gasteiger partial charge in [-0.3, -0.25) is 4.70 Å². The van der Waals surface area contributed by atoms with Crippen LogP contribution in [0.15, 0.2) is 41.3 Å². The molecule has 0 aliphatic heterocycles. The zero-order valence-electron chi connectivity index (χ0n) is 12.8. The van der Waals surface area contributed by atoms with Crippen molar-refractivity contribution in [1.82, 2.24) is 0 Å². The fraction of sp³-hybridized carbons (Fsp3) is 0.333. The van der Waals surface area contributed by atoms with E-state index in [-0.39, 0.29) is 21.4 Å². The molecule has 124 valence electrons. The Bertz CT molecular complexity index is 700. The molecule has 0 bridgehead atoms. The van der Waals surface area contributed by atoms with Gasteiger partial charge in [0.15, 0.2) is 4.90 Å². The Balaban J connectivity index is 0.000000478. The summed E-state index contributed by atoms with van der Waals surface area (Å²) in [5.41, 5.74) is 0. The quantitative estimate of drug-likeness (QED) is 0.683. The van der Waals surface area contributed by atoms with Crippen LogP contribution < -0.4 is 0 Å². The van der Waals surface area contributed by atoms with Crippen molar-refractivity contribution in [2.24, 2.45) is 0 Å². The minimum absolute atomic E-state index is 0. The van der Waals surface area contributed by atoms with Gasteiger partial charge in [0, 0.05) is 27.4 Å². The molecule has 0 radical (unpaired) electrons. The molecule has 2 rings (SSSR count). The van der Waals surface area contributed by atoms with Crippen molar-refractivity contribution in [3.8, 4) is 5.75 Å². The van der Waals surface area contributed by atoms with Crippen molar-refractivity contribution in [3.63, 3.8) is 0 Å². The molecule has 4 nitrogen and oxygen atoms in total. The molecule has 0 saturated heterocycles. The first-order valence-corrected chi connectivity index (χ1v) is 10.1. The second-order valence-corrected chi connectivity index (χ2v) is 8.30. The van der Waals surface area contributed by atoms with Crippen molar-refractivity contribution in [2.75, 3.05) is 18.3 Å². The summed E-state index contributed by atoms with van der Waals surface area (Å²) in [5, 5.41) is 11.8. The minimum atomic E-state index is -3.92. The molecule has 0 saturated carbocycles. The van der Waals surface area contributed by atoms with Crippen LogP contribution in [0.1, 0.15) is 13.3 Å². The number of fused-ring (bicyclic) bond motifs is 1. The predicted molar refractivity (Wildman–Crippen MR) is 90.5 cm³/mol. The van der Waals surface area contributed by atoms with Gasteiger partial charge >= 0.3 is 0 Å². The van der Waals surface area contributed by atoms with Gasteiger partial charge < -0.3 is 9.66 Å². The van der Waals surface area contributed by atoms with Gasteiger partial charge in [-0.2, -0.15) is 0 Å². The Labute approximate surface area is 133 Å². The molecule has 0 heterocycles. The van der Waals surface area contributed by atoms with E-state index in [0.717, 1.165) is 5.39 Å². The van der Waals surface area contributed by atoms with Crippen LogP contribution in [0, 0.1) is 0 Å². The van der Waals surface area contributed by atoms with Gasteiger partial charge in [-0.05, 0) is 24.6 Å². The van der Waals surface area contributed by atoms with Gasteiger partial charge in [-0.1, -0.05) is 25.1 Å². The predicted octanol–water partition coefficient (Wildman–Crippen LogP) is 2.88. The number of hydrogen-bond donors (Lipinski definition) is 1. The molecular formula is C15H21FO4S2.